The van der Waals surface area contributed by atoms with Crippen molar-refractivity contribution in [2.45, 2.75) is 51.9 Å². The van der Waals surface area contributed by atoms with E-state index in [-0.39, 0.29) is 23.7 Å². The highest BCUT2D eigenvalue weighted by Crippen LogP contribution is 2.29. The molecular formula is C25H32N4O4. The fraction of sp³-hybridized carbons (Fsp3) is 0.480. The number of esters is 1. The van der Waals surface area contributed by atoms with Crippen molar-refractivity contribution in [3.8, 4) is 0 Å². The van der Waals surface area contributed by atoms with Crippen molar-refractivity contribution in [3.05, 3.63) is 58.7 Å². The van der Waals surface area contributed by atoms with E-state index in [9.17, 15) is 14.4 Å². The van der Waals surface area contributed by atoms with Gasteiger partial charge in [0.25, 0.3) is 5.91 Å². The minimum absolute atomic E-state index is 0.120. The van der Waals surface area contributed by atoms with E-state index in [1.54, 1.807) is 24.4 Å². The van der Waals surface area contributed by atoms with E-state index in [1.165, 1.54) is 7.11 Å². The number of carbonyl (C=O) groups is 3. The molecule has 0 bridgehead atoms. The summed E-state index contributed by atoms with van der Waals surface area (Å²) in [5, 5.41) is 2.95. The Bertz CT molecular complexity index is 1000. The highest BCUT2D eigenvalue weighted by molar-refractivity contribution is 5.95. The Kier molecular flexibility index (Phi) is 8.52. The number of amides is 2. The van der Waals surface area contributed by atoms with Crippen molar-refractivity contribution in [1.82, 2.24) is 20.2 Å². The normalized spacial score (nSPS) is 14.1. The second kappa shape index (κ2) is 11.5. The van der Waals surface area contributed by atoms with Crippen LogP contribution in [0.2, 0.25) is 0 Å². The summed E-state index contributed by atoms with van der Waals surface area (Å²) in [6.07, 6.45) is 5.17. The lowest BCUT2D eigenvalue weighted by Crippen LogP contribution is -2.38. The number of methoxy groups -OCH3 is 1. The molecule has 8 nitrogen and oxygen atoms in total. The van der Waals surface area contributed by atoms with Gasteiger partial charge >= 0.3 is 5.97 Å². The van der Waals surface area contributed by atoms with Gasteiger partial charge in [-0.15, -0.1) is 0 Å². The molecule has 2 heterocycles. The van der Waals surface area contributed by atoms with Gasteiger partial charge in [0.1, 0.15) is 5.82 Å². The number of nitrogens with one attached hydrogen (secondary N) is 1. The monoisotopic (exact) mass is 452 g/mol. The minimum Gasteiger partial charge on any atom is -0.465 e. The van der Waals surface area contributed by atoms with Crippen LogP contribution in [0, 0.1) is 6.92 Å². The van der Waals surface area contributed by atoms with Gasteiger partial charge in [0, 0.05) is 38.2 Å². The SMILES string of the molecule is CCCC(=O)N1CCC(c2nc(C)ncc2C(=O)NCCc2cccc(C(=O)OC)c2)CC1. The van der Waals surface area contributed by atoms with Gasteiger partial charge in [0.15, 0.2) is 0 Å². The van der Waals surface area contributed by atoms with Crippen LogP contribution >= 0.6 is 0 Å². The van der Waals surface area contributed by atoms with Crippen molar-refractivity contribution in [2.24, 2.45) is 0 Å². The van der Waals surface area contributed by atoms with Gasteiger partial charge in [-0.1, -0.05) is 19.1 Å². The number of piperidine rings is 1. The van der Waals surface area contributed by atoms with E-state index >= 15 is 0 Å². The molecule has 0 unspecified atom stereocenters. The first-order valence-corrected chi connectivity index (χ1v) is 11.5. The Labute approximate surface area is 194 Å². The van der Waals surface area contributed by atoms with Crippen LogP contribution in [0.1, 0.15) is 76.3 Å². The fourth-order valence-corrected chi connectivity index (χ4v) is 4.14. The standard InChI is InChI=1S/C25H32N4O4/c1-4-6-22(30)29-13-10-19(11-14-29)23-21(16-27-17(2)28-23)24(31)26-12-9-18-7-5-8-20(15-18)25(32)33-3/h5,7-8,15-16,19H,4,6,9-14H2,1-3H3,(H,26,31). The van der Waals surface area contributed by atoms with Crippen LogP contribution in [0.3, 0.4) is 0 Å². The van der Waals surface area contributed by atoms with Gasteiger partial charge in [0.2, 0.25) is 5.91 Å². The zero-order chi connectivity index (χ0) is 23.8. The zero-order valence-electron chi connectivity index (χ0n) is 19.6. The third-order valence-electron chi connectivity index (χ3n) is 5.93. The molecule has 2 aromatic rings. The van der Waals surface area contributed by atoms with Gasteiger partial charge in [-0.2, -0.15) is 0 Å². The van der Waals surface area contributed by atoms with Crippen LogP contribution in [0.5, 0.6) is 0 Å². The Hall–Kier alpha value is -3.29. The van der Waals surface area contributed by atoms with Crippen molar-refractivity contribution in [2.75, 3.05) is 26.7 Å². The topological polar surface area (TPSA) is 101 Å². The largest absolute Gasteiger partial charge is 0.465 e. The predicted molar refractivity (Wildman–Crippen MR) is 124 cm³/mol. The maximum atomic E-state index is 13.0. The first-order chi connectivity index (χ1) is 15.9. The van der Waals surface area contributed by atoms with Gasteiger partial charge in [-0.3, -0.25) is 9.59 Å². The fourth-order valence-electron chi connectivity index (χ4n) is 4.14. The second-order valence-electron chi connectivity index (χ2n) is 8.32. The molecule has 0 spiro atoms. The third-order valence-corrected chi connectivity index (χ3v) is 5.93. The number of carbonyl (C=O) groups excluding carboxylic acids is 3. The first-order valence-electron chi connectivity index (χ1n) is 11.5. The molecule has 1 fully saturated rings. The van der Waals surface area contributed by atoms with E-state index in [4.69, 9.17) is 4.74 Å². The number of nitrogens with zero attached hydrogens (tertiary/aromatic N) is 3. The second-order valence-corrected chi connectivity index (χ2v) is 8.32. The highest BCUT2D eigenvalue weighted by Gasteiger charge is 2.28. The third kappa shape index (κ3) is 6.37. The Balaban J connectivity index is 1.62. The molecule has 1 aliphatic heterocycles. The summed E-state index contributed by atoms with van der Waals surface area (Å²) >= 11 is 0. The lowest BCUT2D eigenvalue weighted by Gasteiger charge is -2.32. The molecule has 2 amide bonds. The summed E-state index contributed by atoms with van der Waals surface area (Å²) in [7, 11) is 1.35. The van der Waals surface area contributed by atoms with Crippen molar-refractivity contribution in [1.29, 1.82) is 0 Å². The van der Waals surface area contributed by atoms with Gasteiger partial charge < -0.3 is 15.0 Å². The first kappa shape index (κ1) is 24.4. The Morgan fingerprint density at radius 1 is 1.21 bits per heavy atom. The number of aryl methyl sites for hydroxylation is 1. The molecule has 0 aliphatic carbocycles. The summed E-state index contributed by atoms with van der Waals surface area (Å²) in [6, 6.07) is 7.18. The molecule has 0 saturated carbocycles. The van der Waals surface area contributed by atoms with Crippen LogP contribution in [0.4, 0.5) is 0 Å². The number of hydrogen-bond donors (Lipinski definition) is 1. The molecule has 0 atom stereocenters. The average molecular weight is 453 g/mol. The van der Waals surface area contributed by atoms with Crippen LogP contribution in [-0.4, -0.2) is 59.4 Å². The number of rotatable bonds is 8. The molecule has 33 heavy (non-hydrogen) atoms. The summed E-state index contributed by atoms with van der Waals surface area (Å²) in [5.41, 5.74) is 2.67. The number of likely N-dealkylation sites (tertiary alicyclic amines) is 1. The van der Waals surface area contributed by atoms with Crippen LogP contribution in [-0.2, 0) is 16.0 Å². The summed E-state index contributed by atoms with van der Waals surface area (Å²) in [5.74, 6) is 0.355. The number of hydrogen-bond acceptors (Lipinski definition) is 6. The van der Waals surface area contributed by atoms with E-state index in [0.717, 1.165) is 30.5 Å². The van der Waals surface area contributed by atoms with Crippen molar-refractivity contribution >= 4 is 17.8 Å². The van der Waals surface area contributed by atoms with Gasteiger partial charge in [-0.25, -0.2) is 14.8 Å². The minimum atomic E-state index is -0.384. The maximum Gasteiger partial charge on any atom is 0.337 e. The smallest absolute Gasteiger partial charge is 0.337 e. The molecule has 1 aliphatic rings. The van der Waals surface area contributed by atoms with Crippen LogP contribution in [0.25, 0.3) is 0 Å². The molecule has 8 heteroatoms. The highest BCUT2D eigenvalue weighted by atomic mass is 16.5. The predicted octanol–water partition coefficient (Wildman–Crippen LogP) is 3.05. The quantitative estimate of drug-likeness (QED) is 0.618. The Morgan fingerprint density at radius 2 is 1.97 bits per heavy atom. The lowest BCUT2D eigenvalue weighted by molar-refractivity contribution is -0.132. The molecule has 1 aromatic carbocycles. The molecule has 1 saturated heterocycles. The summed E-state index contributed by atoms with van der Waals surface area (Å²) in [4.78, 5) is 47.6. The molecule has 0 radical (unpaired) electrons. The van der Waals surface area contributed by atoms with E-state index in [2.05, 4.69) is 15.3 Å². The van der Waals surface area contributed by atoms with E-state index in [1.807, 2.05) is 24.8 Å². The van der Waals surface area contributed by atoms with E-state index in [0.29, 0.717) is 49.4 Å². The number of benzene rings is 1. The summed E-state index contributed by atoms with van der Waals surface area (Å²) < 4.78 is 4.76. The lowest BCUT2D eigenvalue weighted by atomic mass is 9.90. The molecule has 1 N–H and O–H groups in total. The van der Waals surface area contributed by atoms with E-state index < -0.39 is 0 Å². The maximum absolute atomic E-state index is 13.0. The molecule has 176 valence electrons. The molecular weight excluding hydrogens is 420 g/mol. The molecule has 3 rings (SSSR count). The number of aromatic nitrogens is 2. The van der Waals surface area contributed by atoms with Gasteiger partial charge in [-0.05, 0) is 50.3 Å². The van der Waals surface area contributed by atoms with Crippen LogP contribution in [0.15, 0.2) is 30.5 Å². The van der Waals surface area contributed by atoms with Crippen molar-refractivity contribution in [3.63, 3.8) is 0 Å². The Morgan fingerprint density at radius 3 is 2.67 bits per heavy atom. The average Bonchev–Trinajstić information content (AvgIpc) is 2.83. The summed E-state index contributed by atoms with van der Waals surface area (Å²) in [6.45, 7) is 5.61. The molecule has 1 aromatic heterocycles. The van der Waals surface area contributed by atoms with Crippen LogP contribution < -0.4 is 5.32 Å². The number of ether oxygens (including phenoxy) is 1. The zero-order valence-corrected chi connectivity index (χ0v) is 19.6. The van der Waals surface area contributed by atoms with Gasteiger partial charge in [0.05, 0.1) is 23.9 Å². The van der Waals surface area contributed by atoms with Crippen molar-refractivity contribution < 1.29 is 19.1 Å².